The minimum atomic E-state index is 0.216. The molecule has 1 aliphatic carbocycles. The first kappa shape index (κ1) is 14.8. The topological polar surface area (TPSA) is 44.4 Å². The van der Waals surface area contributed by atoms with Gasteiger partial charge in [0.1, 0.15) is 0 Å². The van der Waals surface area contributed by atoms with E-state index in [-0.39, 0.29) is 5.91 Å². The molecular formula is C15H29N3O. The highest BCUT2D eigenvalue weighted by molar-refractivity contribution is 5.78. The van der Waals surface area contributed by atoms with Crippen molar-refractivity contribution >= 4 is 5.91 Å². The molecule has 0 bridgehead atoms. The number of carbonyl (C=O) groups is 1. The zero-order valence-corrected chi connectivity index (χ0v) is 12.5. The van der Waals surface area contributed by atoms with Gasteiger partial charge in [-0.1, -0.05) is 26.7 Å². The monoisotopic (exact) mass is 267 g/mol. The predicted octanol–water partition coefficient (Wildman–Crippen LogP) is 1.22. The molecule has 3 unspecified atom stereocenters. The number of hydrogen-bond acceptors (Lipinski definition) is 3. The minimum Gasteiger partial charge on any atom is -0.352 e. The second-order valence-corrected chi connectivity index (χ2v) is 6.32. The van der Waals surface area contributed by atoms with Gasteiger partial charge in [0.2, 0.25) is 5.91 Å². The first-order valence-electron chi connectivity index (χ1n) is 7.89. The van der Waals surface area contributed by atoms with Gasteiger partial charge in [0, 0.05) is 19.1 Å². The van der Waals surface area contributed by atoms with Gasteiger partial charge in [-0.15, -0.1) is 0 Å². The van der Waals surface area contributed by atoms with Crippen LogP contribution < -0.4 is 10.6 Å². The summed E-state index contributed by atoms with van der Waals surface area (Å²) in [5.41, 5.74) is 0. The van der Waals surface area contributed by atoms with E-state index in [1.165, 1.54) is 12.8 Å². The average Bonchev–Trinajstić information content (AvgIpc) is 2.63. The second kappa shape index (κ2) is 7.25. The van der Waals surface area contributed by atoms with E-state index in [0.29, 0.717) is 18.5 Å². The third kappa shape index (κ3) is 4.46. The van der Waals surface area contributed by atoms with Gasteiger partial charge in [0.05, 0.1) is 6.54 Å². The van der Waals surface area contributed by atoms with Crippen LogP contribution >= 0.6 is 0 Å². The number of amides is 1. The Bertz CT molecular complexity index is 287. The molecule has 1 saturated carbocycles. The molecule has 1 heterocycles. The van der Waals surface area contributed by atoms with Crippen molar-refractivity contribution < 1.29 is 4.79 Å². The molecule has 0 aromatic carbocycles. The second-order valence-electron chi connectivity index (χ2n) is 6.32. The maximum absolute atomic E-state index is 12.2. The summed E-state index contributed by atoms with van der Waals surface area (Å²) < 4.78 is 0. The molecule has 1 amide bonds. The Morgan fingerprint density at radius 2 is 2.05 bits per heavy atom. The van der Waals surface area contributed by atoms with Crippen molar-refractivity contribution in [2.45, 2.75) is 45.6 Å². The highest BCUT2D eigenvalue weighted by atomic mass is 16.2. The Morgan fingerprint density at radius 1 is 1.21 bits per heavy atom. The summed E-state index contributed by atoms with van der Waals surface area (Å²) >= 11 is 0. The first-order valence-corrected chi connectivity index (χ1v) is 7.89. The first-order chi connectivity index (χ1) is 9.16. The summed E-state index contributed by atoms with van der Waals surface area (Å²) in [4.78, 5) is 14.4. The molecule has 110 valence electrons. The van der Waals surface area contributed by atoms with Crippen LogP contribution in [0.25, 0.3) is 0 Å². The van der Waals surface area contributed by atoms with Crippen LogP contribution in [0.5, 0.6) is 0 Å². The maximum Gasteiger partial charge on any atom is 0.234 e. The fourth-order valence-corrected chi connectivity index (χ4v) is 3.30. The van der Waals surface area contributed by atoms with Gasteiger partial charge in [0.25, 0.3) is 0 Å². The highest BCUT2D eigenvalue weighted by Crippen LogP contribution is 2.29. The largest absolute Gasteiger partial charge is 0.352 e. The molecule has 2 rings (SSSR count). The molecule has 2 N–H and O–H groups in total. The van der Waals surface area contributed by atoms with Gasteiger partial charge in [-0.25, -0.2) is 0 Å². The van der Waals surface area contributed by atoms with Gasteiger partial charge in [-0.05, 0) is 37.8 Å². The van der Waals surface area contributed by atoms with Crippen molar-refractivity contribution in [3.63, 3.8) is 0 Å². The molecule has 2 aliphatic rings. The van der Waals surface area contributed by atoms with Crippen molar-refractivity contribution in [1.29, 1.82) is 0 Å². The zero-order valence-electron chi connectivity index (χ0n) is 12.5. The lowest BCUT2D eigenvalue weighted by atomic mass is 9.78. The maximum atomic E-state index is 12.2. The van der Waals surface area contributed by atoms with Gasteiger partial charge < -0.3 is 10.6 Å². The normalized spacial score (nSPS) is 33.7. The fourth-order valence-electron chi connectivity index (χ4n) is 3.30. The number of carbonyl (C=O) groups excluding carboxylic acids is 1. The molecule has 0 aromatic rings. The quantitative estimate of drug-likeness (QED) is 0.808. The smallest absolute Gasteiger partial charge is 0.234 e. The molecular weight excluding hydrogens is 238 g/mol. The minimum absolute atomic E-state index is 0.216. The Labute approximate surface area is 117 Å². The van der Waals surface area contributed by atoms with Crippen molar-refractivity contribution in [3.05, 3.63) is 0 Å². The lowest BCUT2D eigenvalue weighted by Crippen LogP contribution is -2.47. The van der Waals surface area contributed by atoms with Crippen LogP contribution in [0.1, 0.15) is 39.5 Å². The molecule has 1 saturated heterocycles. The number of rotatable bonds is 3. The predicted molar refractivity (Wildman–Crippen MR) is 78.0 cm³/mol. The van der Waals surface area contributed by atoms with Gasteiger partial charge >= 0.3 is 0 Å². The summed E-state index contributed by atoms with van der Waals surface area (Å²) in [5.74, 6) is 1.57. The van der Waals surface area contributed by atoms with E-state index in [4.69, 9.17) is 0 Å². The number of hydrogen-bond donors (Lipinski definition) is 2. The van der Waals surface area contributed by atoms with E-state index in [9.17, 15) is 4.79 Å². The van der Waals surface area contributed by atoms with Crippen LogP contribution in [-0.4, -0.2) is 49.6 Å². The van der Waals surface area contributed by atoms with Crippen LogP contribution in [0.3, 0.4) is 0 Å². The lowest BCUT2D eigenvalue weighted by molar-refractivity contribution is -0.123. The Hall–Kier alpha value is -0.610. The summed E-state index contributed by atoms with van der Waals surface area (Å²) in [5, 5.41) is 6.64. The van der Waals surface area contributed by atoms with Gasteiger partial charge in [0.15, 0.2) is 0 Å². The standard InChI is InChI=1S/C15H29N3O/c1-12-5-3-6-14(13(12)2)17-15(19)11-18-9-4-7-16-8-10-18/h12-14,16H,3-11H2,1-2H3,(H,17,19). The highest BCUT2D eigenvalue weighted by Gasteiger charge is 2.28. The summed E-state index contributed by atoms with van der Waals surface area (Å²) in [6.07, 6.45) is 4.86. The molecule has 2 fully saturated rings. The van der Waals surface area contributed by atoms with Crippen molar-refractivity contribution in [1.82, 2.24) is 15.5 Å². The molecule has 0 aromatic heterocycles. The summed E-state index contributed by atoms with van der Waals surface area (Å²) in [6, 6.07) is 0.390. The van der Waals surface area contributed by atoms with Gasteiger partial charge in [-0.3, -0.25) is 9.69 Å². The van der Waals surface area contributed by atoms with E-state index < -0.39 is 0 Å². The summed E-state index contributed by atoms with van der Waals surface area (Å²) in [6.45, 7) is 9.27. The van der Waals surface area contributed by atoms with Crippen molar-refractivity contribution in [2.75, 3.05) is 32.7 Å². The van der Waals surface area contributed by atoms with Crippen LogP contribution in [-0.2, 0) is 4.79 Å². The van der Waals surface area contributed by atoms with E-state index in [1.54, 1.807) is 0 Å². The Kier molecular flexibility index (Phi) is 5.64. The molecule has 4 heteroatoms. The molecule has 0 spiro atoms. The Balaban J connectivity index is 1.76. The molecule has 19 heavy (non-hydrogen) atoms. The van der Waals surface area contributed by atoms with Crippen LogP contribution in [0, 0.1) is 11.8 Å². The number of nitrogens with one attached hydrogen (secondary N) is 2. The molecule has 3 atom stereocenters. The van der Waals surface area contributed by atoms with E-state index >= 15 is 0 Å². The molecule has 4 nitrogen and oxygen atoms in total. The van der Waals surface area contributed by atoms with E-state index in [0.717, 1.165) is 44.9 Å². The van der Waals surface area contributed by atoms with Crippen molar-refractivity contribution in [2.24, 2.45) is 11.8 Å². The fraction of sp³-hybridized carbons (Fsp3) is 0.933. The lowest BCUT2D eigenvalue weighted by Gasteiger charge is -2.35. The van der Waals surface area contributed by atoms with Gasteiger partial charge in [-0.2, -0.15) is 0 Å². The molecule has 1 aliphatic heterocycles. The van der Waals surface area contributed by atoms with Crippen LogP contribution in [0.4, 0.5) is 0 Å². The van der Waals surface area contributed by atoms with Crippen LogP contribution in [0.2, 0.25) is 0 Å². The third-order valence-corrected chi connectivity index (χ3v) is 4.85. The SMILES string of the molecule is CC1CCCC(NC(=O)CN2CCCNCC2)C1C. The Morgan fingerprint density at radius 3 is 2.89 bits per heavy atom. The van der Waals surface area contributed by atoms with E-state index in [1.807, 2.05) is 0 Å². The van der Waals surface area contributed by atoms with Crippen molar-refractivity contribution in [3.8, 4) is 0 Å². The zero-order chi connectivity index (χ0) is 13.7. The molecule has 0 radical (unpaired) electrons. The number of nitrogens with zero attached hydrogens (tertiary/aromatic N) is 1. The average molecular weight is 267 g/mol. The summed E-state index contributed by atoms with van der Waals surface area (Å²) in [7, 11) is 0. The van der Waals surface area contributed by atoms with E-state index in [2.05, 4.69) is 29.4 Å². The van der Waals surface area contributed by atoms with Crippen LogP contribution in [0.15, 0.2) is 0 Å². The third-order valence-electron chi connectivity index (χ3n) is 4.85.